The fourth-order valence-electron chi connectivity index (χ4n) is 3.51. The highest BCUT2D eigenvalue weighted by Gasteiger charge is 2.28. The van der Waals surface area contributed by atoms with Gasteiger partial charge in [-0.25, -0.2) is 4.39 Å². The third kappa shape index (κ3) is 6.79. The molecule has 7 heteroatoms. The Morgan fingerprint density at radius 1 is 1.16 bits per heavy atom. The second-order valence-electron chi connectivity index (χ2n) is 8.05. The highest BCUT2D eigenvalue weighted by atomic mass is 19.1. The lowest BCUT2D eigenvalue weighted by molar-refractivity contribution is -0.141. The standard InChI is InChI=1S/C24H29FN2O4/c1-18(2)14-27(24(29)19-8-10-20(25)11-9-19)16-22-15-26(12-13-30-22)23(28)17-31-21-6-4-3-5-7-21/h3-11,18,22H,12-17H2,1-2H3/t22-/m0/s1. The van der Waals surface area contributed by atoms with Gasteiger partial charge in [-0.3, -0.25) is 9.59 Å². The largest absolute Gasteiger partial charge is 0.484 e. The number of hydrogen-bond acceptors (Lipinski definition) is 4. The van der Waals surface area contributed by atoms with Crippen LogP contribution in [0.25, 0.3) is 0 Å². The lowest BCUT2D eigenvalue weighted by Crippen LogP contribution is -2.52. The number of carbonyl (C=O) groups excluding carboxylic acids is 2. The van der Waals surface area contributed by atoms with Crippen molar-refractivity contribution in [3.05, 3.63) is 66.0 Å². The molecule has 0 saturated carbocycles. The third-order valence-electron chi connectivity index (χ3n) is 4.98. The van der Waals surface area contributed by atoms with Crippen molar-refractivity contribution in [2.75, 3.05) is 39.4 Å². The summed E-state index contributed by atoms with van der Waals surface area (Å²) < 4.78 is 24.6. The zero-order chi connectivity index (χ0) is 22.2. The van der Waals surface area contributed by atoms with Crippen LogP contribution in [0.4, 0.5) is 4.39 Å². The van der Waals surface area contributed by atoms with Gasteiger partial charge in [0.2, 0.25) is 0 Å². The molecule has 1 fully saturated rings. The van der Waals surface area contributed by atoms with Gasteiger partial charge >= 0.3 is 0 Å². The van der Waals surface area contributed by atoms with E-state index in [0.717, 1.165) is 0 Å². The van der Waals surface area contributed by atoms with Gasteiger partial charge in [0.15, 0.2) is 6.61 Å². The Labute approximate surface area is 182 Å². The van der Waals surface area contributed by atoms with E-state index in [1.165, 1.54) is 24.3 Å². The molecule has 1 aliphatic rings. The molecular weight excluding hydrogens is 399 g/mol. The van der Waals surface area contributed by atoms with Crippen LogP contribution in [0.3, 0.4) is 0 Å². The van der Waals surface area contributed by atoms with Crippen LogP contribution >= 0.6 is 0 Å². The smallest absolute Gasteiger partial charge is 0.260 e. The Morgan fingerprint density at radius 3 is 2.55 bits per heavy atom. The van der Waals surface area contributed by atoms with Gasteiger partial charge in [0.05, 0.1) is 12.7 Å². The van der Waals surface area contributed by atoms with E-state index in [1.807, 2.05) is 32.0 Å². The number of ether oxygens (including phenoxy) is 2. The fraction of sp³-hybridized carbons (Fsp3) is 0.417. The molecule has 3 rings (SSSR count). The number of amides is 2. The van der Waals surface area contributed by atoms with Crippen molar-refractivity contribution < 1.29 is 23.5 Å². The first-order valence-electron chi connectivity index (χ1n) is 10.5. The molecule has 0 aliphatic carbocycles. The molecule has 2 aromatic carbocycles. The van der Waals surface area contributed by atoms with Crippen molar-refractivity contribution in [3.63, 3.8) is 0 Å². The fourth-order valence-corrected chi connectivity index (χ4v) is 3.51. The zero-order valence-electron chi connectivity index (χ0n) is 18.0. The van der Waals surface area contributed by atoms with Crippen LogP contribution in [0.1, 0.15) is 24.2 Å². The maximum Gasteiger partial charge on any atom is 0.260 e. The first-order chi connectivity index (χ1) is 14.9. The average molecular weight is 429 g/mol. The first kappa shape index (κ1) is 22.7. The van der Waals surface area contributed by atoms with E-state index < -0.39 is 0 Å². The molecule has 1 atom stereocenters. The Kier molecular flexibility index (Phi) is 8.00. The summed E-state index contributed by atoms with van der Waals surface area (Å²) in [5.74, 6) is 0.235. The monoisotopic (exact) mass is 428 g/mol. The summed E-state index contributed by atoms with van der Waals surface area (Å²) in [7, 11) is 0. The number of para-hydroxylation sites is 1. The van der Waals surface area contributed by atoms with Crippen LogP contribution in [0, 0.1) is 11.7 Å². The molecule has 6 nitrogen and oxygen atoms in total. The van der Waals surface area contributed by atoms with Gasteiger partial charge in [-0.05, 0) is 42.3 Å². The first-order valence-corrected chi connectivity index (χ1v) is 10.5. The maximum atomic E-state index is 13.2. The summed E-state index contributed by atoms with van der Waals surface area (Å²) in [6, 6.07) is 14.7. The average Bonchev–Trinajstić information content (AvgIpc) is 2.77. The van der Waals surface area contributed by atoms with Crippen LogP contribution in [0.2, 0.25) is 0 Å². The number of morpholine rings is 1. The number of halogens is 1. The van der Waals surface area contributed by atoms with Crippen LogP contribution in [-0.4, -0.2) is 67.1 Å². The van der Waals surface area contributed by atoms with E-state index >= 15 is 0 Å². The van der Waals surface area contributed by atoms with Crippen LogP contribution in [0.5, 0.6) is 5.75 Å². The third-order valence-corrected chi connectivity index (χ3v) is 4.98. The van der Waals surface area contributed by atoms with Crippen molar-refractivity contribution in [2.45, 2.75) is 20.0 Å². The predicted octanol–water partition coefficient (Wildman–Crippen LogP) is 3.23. The molecular formula is C24H29FN2O4. The molecule has 0 aromatic heterocycles. The highest BCUT2D eigenvalue weighted by molar-refractivity contribution is 5.94. The van der Waals surface area contributed by atoms with E-state index in [9.17, 15) is 14.0 Å². The minimum absolute atomic E-state index is 0.0407. The Hall–Kier alpha value is -2.93. The number of rotatable bonds is 8. The van der Waals surface area contributed by atoms with Crippen molar-refractivity contribution in [3.8, 4) is 5.75 Å². The van der Waals surface area contributed by atoms with Crippen LogP contribution in [0.15, 0.2) is 54.6 Å². The summed E-state index contributed by atoms with van der Waals surface area (Å²) in [5, 5.41) is 0. The molecule has 0 N–H and O–H groups in total. The molecule has 2 aromatic rings. The number of carbonyl (C=O) groups is 2. The van der Waals surface area contributed by atoms with Crippen LogP contribution < -0.4 is 4.74 Å². The van der Waals surface area contributed by atoms with E-state index in [2.05, 4.69) is 0 Å². The summed E-state index contributed by atoms with van der Waals surface area (Å²) >= 11 is 0. The van der Waals surface area contributed by atoms with Gasteiger partial charge in [-0.2, -0.15) is 0 Å². The summed E-state index contributed by atoms with van der Waals surface area (Å²) in [6.07, 6.45) is -0.294. The van der Waals surface area contributed by atoms with Gasteiger partial charge < -0.3 is 19.3 Å². The van der Waals surface area contributed by atoms with E-state index in [4.69, 9.17) is 9.47 Å². The minimum atomic E-state index is -0.380. The van der Waals surface area contributed by atoms with Gasteiger partial charge in [0, 0.05) is 31.7 Å². The Bertz CT molecular complexity index is 858. The Morgan fingerprint density at radius 2 is 1.87 bits per heavy atom. The summed E-state index contributed by atoms with van der Waals surface area (Å²) in [4.78, 5) is 29.0. The van der Waals surface area contributed by atoms with Crippen molar-refractivity contribution in [1.82, 2.24) is 9.80 Å². The quantitative estimate of drug-likeness (QED) is 0.648. The van der Waals surface area contributed by atoms with Crippen LogP contribution in [-0.2, 0) is 9.53 Å². The topological polar surface area (TPSA) is 59.1 Å². The summed E-state index contributed by atoms with van der Waals surface area (Å²) in [6.45, 7) is 6.21. The Balaban J connectivity index is 1.59. The van der Waals surface area contributed by atoms with E-state index in [-0.39, 0.29) is 36.3 Å². The maximum absolute atomic E-state index is 13.2. The van der Waals surface area contributed by atoms with Gasteiger partial charge in [-0.15, -0.1) is 0 Å². The van der Waals surface area contributed by atoms with Crippen molar-refractivity contribution in [2.24, 2.45) is 5.92 Å². The molecule has 166 valence electrons. The second-order valence-corrected chi connectivity index (χ2v) is 8.05. The SMILES string of the molecule is CC(C)CN(C[C@@H]1CN(C(=O)COc2ccccc2)CCO1)C(=O)c1ccc(F)cc1. The lowest BCUT2D eigenvalue weighted by Gasteiger charge is -2.36. The second kappa shape index (κ2) is 10.9. The molecule has 2 amide bonds. The molecule has 0 unspecified atom stereocenters. The predicted molar refractivity (Wildman–Crippen MR) is 115 cm³/mol. The van der Waals surface area contributed by atoms with E-state index in [0.29, 0.717) is 44.1 Å². The minimum Gasteiger partial charge on any atom is -0.484 e. The van der Waals surface area contributed by atoms with Gasteiger partial charge in [0.25, 0.3) is 11.8 Å². The number of hydrogen-bond donors (Lipinski definition) is 0. The van der Waals surface area contributed by atoms with Crippen molar-refractivity contribution in [1.29, 1.82) is 0 Å². The molecule has 0 spiro atoms. The van der Waals surface area contributed by atoms with Gasteiger partial charge in [0.1, 0.15) is 11.6 Å². The molecule has 1 heterocycles. The van der Waals surface area contributed by atoms with Crippen molar-refractivity contribution >= 4 is 11.8 Å². The number of nitrogens with zero attached hydrogens (tertiary/aromatic N) is 2. The van der Waals surface area contributed by atoms with E-state index in [1.54, 1.807) is 21.9 Å². The zero-order valence-corrected chi connectivity index (χ0v) is 18.0. The highest BCUT2D eigenvalue weighted by Crippen LogP contribution is 2.14. The molecule has 31 heavy (non-hydrogen) atoms. The van der Waals surface area contributed by atoms with Gasteiger partial charge in [-0.1, -0.05) is 32.0 Å². The summed E-state index contributed by atoms with van der Waals surface area (Å²) in [5.41, 5.74) is 0.432. The normalized spacial score (nSPS) is 16.3. The molecule has 1 saturated heterocycles. The number of benzene rings is 2. The molecule has 0 bridgehead atoms. The molecule has 1 aliphatic heterocycles. The molecule has 0 radical (unpaired) electrons. The lowest BCUT2D eigenvalue weighted by atomic mass is 10.1.